The molecular formula is C12H10N2O2S2. The van der Waals surface area contributed by atoms with Crippen molar-refractivity contribution in [2.45, 2.75) is 11.1 Å². The molecule has 0 aliphatic heterocycles. The first-order valence-electron chi connectivity index (χ1n) is 5.11. The summed E-state index contributed by atoms with van der Waals surface area (Å²) in [5, 5.41) is 8.69. The van der Waals surface area contributed by atoms with Gasteiger partial charge in [-0.15, -0.1) is 11.3 Å². The highest BCUT2D eigenvalue weighted by atomic mass is 32.2. The van der Waals surface area contributed by atoms with E-state index in [1.54, 1.807) is 18.2 Å². The van der Waals surface area contributed by atoms with E-state index in [2.05, 4.69) is 4.72 Å². The van der Waals surface area contributed by atoms with Gasteiger partial charge in [0.25, 0.3) is 10.0 Å². The van der Waals surface area contributed by atoms with Gasteiger partial charge in [0.15, 0.2) is 0 Å². The number of hydrogen-bond donors (Lipinski definition) is 1. The highest BCUT2D eigenvalue weighted by Gasteiger charge is 2.16. The zero-order valence-electron chi connectivity index (χ0n) is 9.54. The minimum Gasteiger partial charge on any atom is -0.279 e. The average Bonchev–Trinajstić information content (AvgIpc) is 2.77. The lowest BCUT2D eigenvalue weighted by atomic mass is 10.2. The van der Waals surface area contributed by atoms with Crippen molar-refractivity contribution in [2.24, 2.45) is 0 Å². The van der Waals surface area contributed by atoms with Gasteiger partial charge in [0.2, 0.25) is 0 Å². The van der Waals surface area contributed by atoms with Crippen LogP contribution in [0.2, 0.25) is 0 Å². The average molecular weight is 278 g/mol. The molecule has 0 saturated carbocycles. The molecule has 0 bridgehead atoms. The molecule has 1 heterocycles. The lowest BCUT2D eigenvalue weighted by Crippen LogP contribution is -2.11. The molecular weight excluding hydrogens is 268 g/mol. The van der Waals surface area contributed by atoms with Gasteiger partial charge in [-0.25, -0.2) is 8.42 Å². The van der Waals surface area contributed by atoms with E-state index in [4.69, 9.17) is 5.26 Å². The van der Waals surface area contributed by atoms with Crippen molar-refractivity contribution in [3.63, 3.8) is 0 Å². The third-order valence-electron chi connectivity index (χ3n) is 2.23. The normalized spacial score (nSPS) is 10.9. The molecule has 1 aromatic heterocycles. The molecule has 2 aromatic rings. The molecule has 2 rings (SSSR count). The Morgan fingerprint density at radius 3 is 2.67 bits per heavy atom. The van der Waals surface area contributed by atoms with E-state index in [0.717, 1.165) is 16.9 Å². The molecule has 0 spiro atoms. The Labute approximate surface area is 110 Å². The van der Waals surface area contributed by atoms with Crippen LogP contribution in [0.4, 0.5) is 5.69 Å². The van der Waals surface area contributed by atoms with Gasteiger partial charge in [-0.1, -0.05) is 12.1 Å². The van der Waals surface area contributed by atoms with Gasteiger partial charge < -0.3 is 0 Å². The molecule has 0 radical (unpaired) electrons. The van der Waals surface area contributed by atoms with Gasteiger partial charge in [-0.3, -0.25) is 4.72 Å². The number of sulfonamides is 1. The number of thiophene rings is 1. The number of rotatable bonds is 3. The zero-order chi connectivity index (χ0) is 13.2. The highest BCUT2D eigenvalue weighted by Crippen LogP contribution is 2.23. The van der Waals surface area contributed by atoms with Gasteiger partial charge in [-0.2, -0.15) is 5.26 Å². The van der Waals surface area contributed by atoms with Crippen molar-refractivity contribution in [3.05, 3.63) is 46.8 Å². The van der Waals surface area contributed by atoms with Crippen molar-refractivity contribution >= 4 is 27.0 Å². The highest BCUT2D eigenvalue weighted by molar-refractivity contribution is 7.94. The first-order chi connectivity index (χ1) is 8.51. The molecule has 6 heteroatoms. The maximum atomic E-state index is 12.0. The molecule has 4 nitrogen and oxygen atoms in total. The monoisotopic (exact) mass is 278 g/mol. The predicted octanol–water partition coefficient (Wildman–Crippen LogP) is 2.73. The van der Waals surface area contributed by atoms with Crippen LogP contribution in [0.5, 0.6) is 0 Å². The van der Waals surface area contributed by atoms with E-state index in [0.29, 0.717) is 10.6 Å². The molecule has 0 fully saturated rings. The van der Waals surface area contributed by atoms with Crippen LogP contribution >= 0.6 is 11.3 Å². The van der Waals surface area contributed by atoms with Crippen molar-refractivity contribution in [2.75, 3.05) is 4.72 Å². The van der Waals surface area contributed by atoms with E-state index in [1.807, 2.05) is 19.1 Å². The predicted molar refractivity (Wildman–Crippen MR) is 71.0 cm³/mol. The fourth-order valence-electron chi connectivity index (χ4n) is 1.44. The largest absolute Gasteiger partial charge is 0.279 e. The summed E-state index contributed by atoms with van der Waals surface area (Å²) in [6.45, 7) is 1.89. The SMILES string of the molecule is Cc1cccc(NS(=O)(=O)c2ccc(C#N)s2)c1. The lowest BCUT2D eigenvalue weighted by molar-refractivity contribution is 0.603. The molecule has 0 saturated heterocycles. The molecule has 92 valence electrons. The molecule has 18 heavy (non-hydrogen) atoms. The molecule has 0 aliphatic rings. The minimum absolute atomic E-state index is 0.139. The van der Waals surface area contributed by atoms with Crippen LogP contribution in [-0.4, -0.2) is 8.42 Å². The van der Waals surface area contributed by atoms with Crippen molar-refractivity contribution in [1.82, 2.24) is 0 Å². The smallest absolute Gasteiger partial charge is 0.271 e. The van der Waals surface area contributed by atoms with Gasteiger partial charge >= 0.3 is 0 Å². The number of nitriles is 1. The van der Waals surface area contributed by atoms with Crippen LogP contribution in [0, 0.1) is 18.3 Å². The first-order valence-corrected chi connectivity index (χ1v) is 7.41. The minimum atomic E-state index is -3.60. The molecule has 0 unspecified atom stereocenters. The molecule has 0 aliphatic carbocycles. The fraction of sp³-hybridized carbons (Fsp3) is 0.0833. The summed E-state index contributed by atoms with van der Waals surface area (Å²) in [7, 11) is -3.60. The third-order valence-corrected chi connectivity index (χ3v) is 5.09. The summed E-state index contributed by atoms with van der Waals surface area (Å²) in [6.07, 6.45) is 0. The maximum Gasteiger partial charge on any atom is 0.271 e. The van der Waals surface area contributed by atoms with Crippen molar-refractivity contribution in [3.8, 4) is 6.07 Å². The Kier molecular flexibility index (Phi) is 3.36. The zero-order valence-corrected chi connectivity index (χ0v) is 11.2. The summed E-state index contributed by atoms with van der Waals surface area (Å²) in [5.41, 5.74) is 1.49. The van der Waals surface area contributed by atoms with E-state index >= 15 is 0 Å². The van der Waals surface area contributed by atoms with E-state index in [9.17, 15) is 8.42 Å². The third kappa shape index (κ3) is 2.70. The van der Waals surface area contributed by atoms with Crippen LogP contribution in [0.15, 0.2) is 40.6 Å². The Morgan fingerprint density at radius 2 is 2.06 bits per heavy atom. The molecule has 1 aromatic carbocycles. The van der Waals surface area contributed by atoms with E-state index < -0.39 is 10.0 Å². The van der Waals surface area contributed by atoms with Crippen molar-refractivity contribution < 1.29 is 8.42 Å². The van der Waals surface area contributed by atoms with Crippen LogP contribution in [0.25, 0.3) is 0 Å². The van der Waals surface area contributed by atoms with Gasteiger partial charge in [-0.05, 0) is 36.8 Å². The molecule has 0 atom stereocenters. The van der Waals surface area contributed by atoms with Crippen LogP contribution in [0.1, 0.15) is 10.4 Å². The summed E-state index contributed by atoms with van der Waals surface area (Å²) >= 11 is 0.952. The fourth-order valence-corrected chi connectivity index (χ4v) is 3.59. The molecule has 1 N–H and O–H groups in total. The van der Waals surface area contributed by atoms with Gasteiger partial charge in [0, 0.05) is 5.69 Å². The van der Waals surface area contributed by atoms with Crippen LogP contribution < -0.4 is 4.72 Å². The quantitative estimate of drug-likeness (QED) is 0.938. The van der Waals surface area contributed by atoms with Crippen LogP contribution in [-0.2, 0) is 10.0 Å². The Hall–Kier alpha value is -1.84. The summed E-state index contributed by atoms with van der Waals surface area (Å²) in [5.74, 6) is 0. The van der Waals surface area contributed by atoms with E-state index in [1.165, 1.54) is 12.1 Å². The number of nitrogens with one attached hydrogen (secondary N) is 1. The van der Waals surface area contributed by atoms with Crippen molar-refractivity contribution in [1.29, 1.82) is 5.26 Å². The number of aryl methyl sites for hydroxylation is 1. The summed E-state index contributed by atoms with van der Waals surface area (Å²) < 4.78 is 26.7. The number of anilines is 1. The second-order valence-electron chi connectivity index (χ2n) is 3.71. The summed E-state index contributed by atoms with van der Waals surface area (Å²) in [4.78, 5) is 0.375. The number of hydrogen-bond acceptors (Lipinski definition) is 4. The number of nitrogens with zero attached hydrogens (tertiary/aromatic N) is 1. The Bertz CT molecular complexity index is 712. The Balaban J connectivity index is 2.30. The Morgan fingerprint density at radius 1 is 1.28 bits per heavy atom. The first kappa shape index (κ1) is 12.6. The molecule has 0 amide bonds. The second-order valence-corrected chi connectivity index (χ2v) is 6.70. The van der Waals surface area contributed by atoms with Gasteiger partial charge in [0.1, 0.15) is 15.2 Å². The van der Waals surface area contributed by atoms with Crippen LogP contribution in [0.3, 0.4) is 0 Å². The lowest BCUT2D eigenvalue weighted by Gasteiger charge is -2.06. The second kappa shape index (κ2) is 4.80. The summed E-state index contributed by atoms with van der Waals surface area (Å²) in [6, 6.07) is 11.9. The number of benzene rings is 1. The maximum absolute atomic E-state index is 12.0. The standard InChI is InChI=1S/C12H10N2O2S2/c1-9-3-2-4-10(7-9)14-18(15,16)12-6-5-11(8-13)17-12/h2-7,14H,1H3. The topological polar surface area (TPSA) is 70.0 Å². The van der Waals surface area contributed by atoms with Gasteiger partial charge in [0.05, 0.1) is 0 Å². The van der Waals surface area contributed by atoms with E-state index in [-0.39, 0.29) is 4.21 Å².